The lowest BCUT2D eigenvalue weighted by Crippen LogP contribution is -2.28. The lowest BCUT2D eigenvalue weighted by molar-refractivity contribution is -0.161. The van der Waals surface area contributed by atoms with Crippen molar-refractivity contribution in [2.45, 2.75) is 200 Å². The number of hydrogen-bond acceptors (Lipinski definition) is 5. The number of ether oxygens (including phenoxy) is 2. The highest BCUT2D eigenvalue weighted by atomic mass is 16.6. The molecule has 0 aromatic carbocycles. The molecule has 0 radical (unpaired) electrons. The van der Waals surface area contributed by atoms with Gasteiger partial charge in [0, 0.05) is 12.8 Å². The topological polar surface area (TPSA) is 72.8 Å². The van der Waals surface area contributed by atoms with Crippen LogP contribution >= 0.6 is 0 Å². The Labute approximate surface area is 309 Å². The summed E-state index contributed by atoms with van der Waals surface area (Å²) in [6, 6.07) is 0. The molecule has 1 N–H and O–H groups in total. The van der Waals surface area contributed by atoms with E-state index in [9.17, 15) is 14.7 Å². The molecule has 0 aliphatic heterocycles. The van der Waals surface area contributed by atoms with Crippen molar-refractivity contribution >= 4 is 11.9 Å². The largest absolute Gasteiger partial charge is 0.462 e. The van der Waals surface area contributed by atoms with Crippen molar-refractivity contribution in [3.8, 4) is 0 Å². The zero-order chi connectivity index (χ0) is 36.4. The van der Waals surface area contributed by atoms with Crippen molar-refractivity contribution in [1.82, 2.24) is 0 Å². The Balaban J connectivity index is 3.52. The number of aliphatic hydroxyl groups is 1. The molecule has 1 atom stereocenters. The van der Waals surface area contributed by atoms with Crippen molar-refractivity contribution in [3.05, 3.63) is 60.8 Å². The number of rotatable bonds is 37. The molecule has 5 nitrogen and oxygen atoms in total. The maximum absolute atomic E-state index is 12.2. The first kappa shape index (κ1) is 47.6. The Morgan fingerprint density at radius 3 is 1.32 bits per heavy atom. The molecular weight excluding hydrogens is 620 g/mol. The zero-order valence-electron chi connectivity index (χ0n) is 32.6. The number of hydrogen-bond donors (Lipinski definition) is 1. The van der Waals surface area contributed by atoms with Crippen LogP contribution in [0, 0.1) is 0 Å². The molecule has 1 unspecified atom stereocenters. The van der Waals surface area contributed by atoms with Gasteiger partial charge in [0.25, 0.3) is 0 Å². The summed E-state index contributed by atoms with van der Waals surface area (Å²) >= 11 is 0. The van der Waals surface area contributed by atoms with Crippen LogP contribution < -0.4 is 0 Å². The highest BCUT2D eigenvalue weighted by Crippen LogP contribution is 2.14. The van der Waals surface area contributed by atoms with E-state index in [0.717, 1.165) is 70.6 Å². The Bertz CT molecular complexity index is 884. The summed E-state index contributed by atoms with van der Waals surface area (Å²) < 4.78 is 10.6. The van der Waals surface area contributed by atoms with Gasteiger partial charge in [-0.05, 0) is 70.6 Å². The minimum atomic E-state index is -0.776. The third-order valence-electron chi connectivity index (χ3n) is 8.80. The van der Waals surface area contributed by atoms with Crippen molar-refractivity contribution in [2.75, 3.05) is 13.2 Å². The fraction of sp³-hybridized carbons (Fsp3) is 0.733. The van der Waals surface area contributed by atoms with Crippen LogP contribution in [0.25, 0.3) is 0 Å². The molecule has 0 aromatic rings. The van der Waals surface area contributed by atoms with Gasteiger partial charge in [0.15, 0.2) is 6.10 Å². The molecule has 50 heavy (non-hydrogen) atoms. The second-order valence-corrected chi connectivity index (χ2v) is 13.7. The predicted octanol–water partition coefficient (Wildman–Crippen LogP) is 13.2. The van der Waals surface area contributed by atoms with Crippen LogP contribution in [-0.4, -0.2) is 36.4 Å². The Hall–Kier alpha value is -2.40. The standard InChI is InChI=1S/C45H78O5/c1-3-5-7-9-11-13-15-16-17-18-19-20-21-22-23-24-25-26-27-28-30-32-34-36-38-40-45(48)50-43(41-46)42-49-44(47)39-37-35-33-31-29-14-12-10-8-6-4-2/h5,7,10-13,16-17,19-20,43,46H,3-4,6,8-9,14-15,18,21-42H2,1-2H3/b7-5-,12-10-,13-11-,17-16-,20-19-. The molecule has 0 rings (SSSR count). The number of unbranched alkanes of at least 4 members (excludes halogenated alkanes) is 19. The van der Waals surface area contributed by atoms with Gasteiger partial charge in [-0.1, -0.05) is 171 Å². The van der Waals surface area contributed by atoms with Crippen molar-refractivity contribution in [2.24, 2.45) is 0 Å². The number of aliphatic hydroxyl groups excluding tert-OH is 1. The lowest BCUT2D eigenvalue weighted by Gasteiger charge is -2.15. The molecule has 0 aliphatic carbocycles. The highest BCUT2D eigenvalue weighted by Gasteiger charge is 2.16. The number of carbonyl (C=O) groups excluding carboxylic acids is 2. The minimum absolute atomic E-state index is 0.0720. The molecule has 5 heteroatoms. The van der Waals surface area contributed by atoms with E-state index in [0.29, 0.717) is 12.8 Å². The molecular formula is C45H78O5. The number of esters is 2. The van der Waals surface area contributed by atoms with Crippen LogP contribution in [0.15, 0.2) is 60.8 Å². The molecule has 0 saturated carbocycles. The summed E-state index contributed by atoms with van der Waals surface area (Å²) in [5, 5.41) is 9.55. The summed E-state index contributed by atoms with van der Waals surface area (Å²) in [5.41, 5.74) is 0. The van der Waals surface area contributed by atoms with Crippen LogP contribution in [0.4, 0.5) is 0 Å². The molecule has 288 valence electrons. The van der Waals surface area contributed by atoms with Crippen LogP contribution in [0.1, 0.15) is 194 Å². The average molecular weight is 699 g/mol. The first-order chi connectivity index (χ1) is 24.6. The van der Waals surface area contributed by atoms with Crippen LogP contribution in [0.5, 0.6) is 0 Å². The van der Waals surface area contributed by atoms with E-state index < -0.39 is 6.10 Å². The first-order valence-corrected chi connectivity index (χ1v) is 20.8. The first-order valence-electron chi connectivity index (χ1n) is 20.8. The van der Waals surface area contributed by atoms with E-state index >= 15 is 0 Å². The zero-order valence-corrected chi connectivity index (χ0v) is 32.6. The van der Waals surface area contributed by atoms with Gasteiger partial charge in [-0.2, -0.15) is 0 Å². The van der Waals surface area contributed by atoms with Gasteiger partial charge in [0.05, 0.1) is 6.61 Å². The van der Waals surface area contributed by atoms with Crippen molar-refractivity contribution in [1.29, 1.82) is 0 Å². The summed E-state index contributed by atoms with van der Waals surface area (Å²) in [7, 11) is 0. The lowest BCUT2D eigenvalue weighted by atomic mass is 10.0. The van der Waals surface area contributed by atoms with Crippen molar-refractivity contribution in [3.63, 3.8) is 0 Å². The van der Waals surface area contributed by atoms with Crippen LogP contribution in [-0.2, 0) is 19.1 Å². The molecule has 0 aromatic heterocycles. The summed E-state index contributed by atoms with van der Waals surface area (Å²) in [6.07, 6.45) is 52.9. The van der Waals surface area contributed by atoms with Crippen LogP contribution in [0.3, 0.4) is 0 Å². The average Bonchev–Trinajstić information content (AvgIpc) is 3.12. The fourth-order valence-electron chi connectivity index (χ4n) is 5.64. The molecule has 0 fully saturated rings. The van der Waals surface area contributed by atoms with Gasteiger partial charge >= 0.3 is 11.9 Å². The normalized spacial score (nSPS) is 12.8. The summed E-state index contributed by atoms with van der Waals surface area (Å²) in [6.45, 7) is 3.97. The number of carbonyl (C=O) groups is 2. The van der Waals surface area contributed by atoms with Gasteiger partial charge < -0.3 is 14.6 Å². The van der Waals surface area contributed by atoms with Gasteiger partial charge in [0.2, 0.25) is 0 Å². The molecule has 0 saturated heterocycles. The van der Waals surface area contributed by atoms with E-state index in [1.807, 2.05) is 0 Å². The van der Waals surface area contributed by atoms with E-state index in [1.54, 1.807) is 0 Å². The Morgan fingerprint density at radius 1 is 0.480 bits per heavy atom. The quantitative estimate of drug-likeness (QED) is 0.0397. The number of allylic oxidation sites excluding steroid dienone is 10. The van der Waals surface area contributed by atoms with Crippen molar-refractivity contribution < 1.29 is 24.2 Å². The van der Waals surface area contributed by atoms with Gasteiger partial charge in [-0.25, -0.2) is 0 Å². The maximum atomic E-state index is 12.2. The van der Waals surface area contributed by atoms with Crippen LogP contribution in [0.2, 0.25) is 0 Å². The second-order valence-electron chi connectivity index (χ2n) is 13.7. The maximum Gasteiger partial charge on any atom is 0.306 e. The molecule has 0 spiro atoms. The van der Waals surface area contributed by atoms with Gasteiger partial charge in [-0.3, -0.25) is 9.59 Å². The van der Waals surface area contributed by atoms with E-state index in [4.69, 9.17) is 9.47 Å². The minimum Gasteiger partial charge on any atom is -0.462 e. The van der Waals surface area contributed by atoms with E-state index in [2.05, 4.69) is 74.6 Å². The van der Waals surface area contributed by atoms with E-state index in [-0.39, 0.29) is 25.2 Å². The SMILES string of the molecule is CC/C=C\C/C=C\C/C=C\C/C=C\CCCCCCCCCCCCCCC(=O)OC(CO)COC(=O)CCCCCCC/C=C\CCCC. The molecule has 0 bridgehead atoms. The fourth-order valence-corrected chi connectivity index (χ4v) is 5.64. The third-order valence-corrected chi connectivity index (χ3v) is 8.80. The smallest absolute Gasteiger partial charge is 0.306 e. The van der Waals surface area contributed by atoms with E-state index in [1.165, 1.54) is 96.3 Å². The Morgan fingerprint density at radius 2 is 0.860 bits per heavy atom. The molecule has 0 amide bonds. The van der Waals surface area contributed by atoms with Gasteiger partial charge in [0.1, 0.15) is 6.61 Å². The Kier molecular flexibility index (Phi) is 39.1. The predicted molar refractivity (Wildman–Crippen MR) is 214 cm³/mol. The molecule has 0 heterocycles. The molecule has 0 aliphatic rings. The summed E-state index contributed by atoms with van der Waals surface area (Å²) in [4.78, 5) is 24.2. The second kappa shape index (κ2) is 41.0. The highest BCUT2D eigenvalue weighted by molar-refractivity contribution is 5.70. The third kappa shape index (κ3) is 38.4. The monoisotopic (exact) mass is 699 g/mol. The summed E-state index contributed by atoms with van der Waals surface area (Å²) in [5.74, 6) is -0.606. The van der Waals surface area contributed by atoms with Gasteiger partial charge in [-0.15, -0.1) is 0 Å².